The molecule has 0 spiro atoms. The van der Waals surface area contributed by atoms with Crippen LogP contribution in [0.5, 0.6) is 0 Å². The predicted octanol–water partition coefficient (Wildman–Crippen LogP) is 4.01. The number of nitrogens with one attached hydrogen (secondary N) is 2. The van der Waals surface area contributed by atoms with E-state index in [4.69, 9.17) is 0 Å². The Morgan fingerprint density at radius 3 is 1.50 bits per heavy atom. The van der Waals surface area contributed by atoms with Crippen molar-refractivity contribution in [3.05, 3.63) is 59.7 Å². The molecule has 2 nitrogen and oxygen atoms in total. The molecule has 0 aromatic heterocycles. The van der Waals surface area contributed by atoms with Gasteiger partial charge in [0.25, 0.3) is 0 Å². The summed E-state index contributed by atoms with van der Waals surface area (Å²) >= 11 is 3.61. The number of thioether (sulfide) groups is 2. The van der Waals surface area contributed by atoms with E-state index < -0.39 is 0 Å². The third-order valence-corrected chi connectivity index (χ3v) is 5.17. The summed E-state index contributed by atoms with van der Waals surface area (Å²) in [5.41, 5.74) is 2.76. The Morgan fingerprint density at radius 2 is 1.09 bits per heavy atom. The summed E-state index contributed by atoms with van der Waals surface area (Å²) in [4.78, 5) is 2.72. The Labute approximate surface area is 142 Å². The van der Waals surface area contributed by atoms with Crippen LogP contribution in [0.4, 0.5) is 0 Å². The monoisotopic (exact) mass is 332 g/mol. The van der Waals surface area contributed by atoms with Crippen LogP contribution in [0.1, 0.15) is 11.1 Å². The number of benzene rings is 2. The Bertz CT molecular complexity index is 521. The first-order chi connectivity index (χ1) is 10.8. The molecule has 0 bridgehead atoms. The highest BCUT2D eigenvalue weighted by molar-refractivity contribution is 7.98. The van der Waals surface area contributed by atoms with Gasteiger partial charge in [-0.3, -0.25) is 0 Å². The molecule has 22 heavy (non-hydrogen) atoms. The first-order valence-corrected chi connectivity index (χ1v) is 9.95. The van der Waals surface area contributed by atoms with Crippen LogP contribution >= 0.6 is 23.5 Å². The van der Waals surface area contributed by atoms with Crippen molar-refractivity contribution in [2.75, 3.05) is 25.6 Å². The summed E-state index contributed by atoms with van der Waals surface area (Å²) in [6.45, 7) is 3.81. The molecule has 2 aromatic rings. The van der Waals surface area contributed by atoms with Gasteiger partial charge in [-0.2, -0.15) is 0 Å². The summed E-state index contributed by atoms with van der Waals surface area (Å²) in [7, 11) is 0. The fourth-order valence-corrected chi connectivity index (χ4v) is 3.56. The molecule has 4 heteroatoms. The molecule has 0 unspecified atom stereocenters. The molecule has 0 saturated heterocycles. The lowest BCUT2D eigenvalue weighted by molar-refractivity contribution is 0.605. The van der Waals surface area contributed by atoms with Crippen molar-refractivity contribution in [3.8, 4) is 0 Å². The number of rotatable bonds is 9. The zero-order valence-electron chi connectivity index (χ0n) is 13.3. The van der Waals surface area contributed by atoms with Crippen LogP contribution in [0, 0.1) is 0 Å². The van der Waals surface area contributed by atoms with E-state index in [1.807, 2.05) is 23.5 Å². The summed E-state index contributed by atoms with van der Waals surface area (Å²) in [5, 5.41) is 7.02. The number of hydrogen-bond acceptors (Lipinski definition) is 4. The molecular weight excluding hydrogens is 308 g/mol. The largest absolute Gasteiger partial charge is 0.311 e. The second kappa shape index (κ2) is 9.95. The minimum atomic E-state index is 0.931. The average Bonchev–Trinajstić information content (AvgIpc) is 2.58. The Kier molecular flexibility index (Phi) is 7.88. The maximum Gasteiger partial charge on any atom is 0.0217 e. The third-order valence-electron chi connectivity index (χ3n) is 3.49. The van der Waals surface area contributed by atoms with Gasteiger partial charge in [0.2, 0.25) is 0 Å². The van der Waals surface area contributed by atoms with Gasteiger partial charge in [0.05, 0.1) is 0 Å². The van der Waals surface area contributed by atoms with Crippen LogP contribution in [-0.4, -0.2) is 25.6 Å². The number of hydrogen-bond donors (Lipinski definition) is 2. The zero-order valence-corrected chi connectivity index (χ0v) is 14.9. The topological polar surface area (TPSA) is 24.1 Å². The van der Waals surface area contributed by atoms with E-state index in [1.54, 1.807) is 0 Å². The molecule has 0 saturated carbocycles. The van der Waals surface area contributed by atoms with Crippen molar-refractivity contribution in [2.24, 2.45) is 0 Å². The van der Waals surface area contributed by atoms with Crippen molar-refractivity contribution in [1.29, 1.82) is 0 Å². The Hall–Kier alpha value is -0.940. The van der Waals surface area contributed by atoms with Crippen LogP contribution in [0.3, 0.4) is 0 Å². The second-order valence-corrected chi connectivity index (χ2v) is 6.67. The van der Waals surface area contributed by atoms with Crippen LogP contribution in [-0.2, 0) is 13.1 Å². The molecular formula is C18H24N2S2. The minimum absolute atomic E-state index is 0.931. The molecule has 0 fully saturated rings. The highest BCUT2D eigenvalue weighted by Crippen LogP contribution is 2.20. The van der Waals surface area contributed by atoms with Crippen molar-refractivity contribution < 1.29 is 0 Å². The van der Waals surface area contributed by atoms with Gasteiger partial charge in [-0.05, 0) is 35.8 Å². The summed E-state index contributed by atoms with van der Waals surface area (Å²) in [5.74, 6) is 0. The molecule has 0 amide bonds. The maximum absolute atomic E-state index is 3.51. The van der Waals surface area contributed by atoms with Gasteiger partial charge in [-0.15, -0.1) is 23.5 Å². The molecule has 0 radical (unpaired) electrons. The van der Waals surface area contributed by atoms with Crippen LogP contribution in [0.25, 0.3) is 0 Å². The summed E-state index contributed by atoms with van der Waals surface area (Å²) < 4.78 is 0. The van der Waals surface area contributed by atoms with E-state index in [0.29, 0.717) is 0 Å². The van der Waals surface area contributed by atoms with Gasteiger partial charge < -0.3 is 10.6 Å². The van der Waals surface area contributed by atoms with E-state index in [1.165, 1.54) is 20.9 Å². The lowest BCUT2D eigenvalue weighted by atomic mass is 10.2. The van der Waals surface area contributed by atoms with Crippen molar-refractivity contribution >= 4 is 23.5 Å². The smallest absolute Gasteiger partial charge is 0.0217 e. The second-order valence-electron chi connectivity index (χ2n) is 4.98. The SMILES string of the molecule is CSc1ccccc1CNCCNCc1ccccc1SC. The molecule has 0 atom stereocenters. The quantitative estimate of drug-likeness (QED) is 0.535. The van der Waals surface area contributed by atoms with Crippen LogP contribution < -0.4 is 10.6 Å². The average molecular weight is 333 g/mol. The summed E-state index contributed by atoms with van der Waals surface area (Å²) in [6.07, 6.45) is 4.26. The fraction of sp³-hybridized carbons (Fsp3) is 0.333. The van der Waals surface area contributed by atoms with Gasteiger partial charge in [-0.1, -0.05) is 36.4 Å². The van der Waals surface area contributed by atoms with Crippen molar-refractivity contribution in [2.45, 2.75) is 22.9 Å². The molecule has 2 N–H and O–H groups in total. The molecule has 0 aliphatic rings. The zero-order chi connectivity index (χ0) is 15.6. The molecule has 0 heterocycles. The van der Waals surface area contributed by atoms with Gasteiger partial charge in [0.1, 0.15) is 0 Å². The Morgan fingerprint density at radius 1 is 0.682 bits per heavy atom. The van der Waals surface area contributed by atoms with Crippen LogP contribution in [0.2, 0.25) is 0 Å². The molecule has 0 aliphatic carbocycles. The van der Waals surface area contributed by atoms with Gasteiger partial charge >= 0.3 is 0 Å². The lowest BCUT2D eigenvalue weighted by Gasteiger charge is -2.11. The molecule has 0 aliphatic heterocycles. The standard InChI is InChI=1S/C18H24N2S2/c1-21-17-9-5-3-7-15(17)13-19-11-12-20-14-16-8-4-6-10-18(16)22-2/h3-10,19-20H,11-14H2,1-2H3. The third kappa shape index (κ3) is 5.36. The minimum Gasteiger partial charge on any atom is -0.311 e. The lowest BCUT2D eigenvalue weighted by Crippen LogP contribution is -2.27. The van der Waals surface area contributed by atoms with Crippen molar-refractivity contribution in [1.82, 2.24) is 10.6 Å². The first-order valence-electron chi connectivity index (χ1n) is 7.50. The molecule has 2 rings (SSSR count). The van der Waals surface area contributed by atoms with Gasteiger partial charge in [0, 0.05) is 36.0 Å². The molecule has 2 aromatic carbocycles. The van der Waals surface area contributed by atoms with Gasteiger partial charge in [0.15, 0.2) is 0 Å². The normalized spacial score (nSPS) is 10.8. The highest BCUT2D eigenvalue weighted by Gasteiger charge is 2.01. The highest BCUT2D eigenvalue weighted by atomic mass is 32.2. The fourth-order valence-electron chi connectivity index (χ4n) is 2.32. The maximum atomic E-state index is 3.51. The van der Waals surface area contributed by atoms with E-state index in [9.17, 15) is 0 Å². The van der Waals surface area contributed by atoms with E-state index in [0.717, 1.165) is 26.2 Å². The molecule has 118 valence electrons. The summed E-state index contributed by atoms with van der Waals surface area (Å²) in [6, 6.07) is 17.2. The predicted molar refractivity (Wildman–Crippen MR) is 99.9 cm³/mol. The van der Waals surface area contributed by atoms with E-state index in [2.05, 4.69) is 71.7 Å². The first kappa shape index (κ1) is 17.4. The van der Waals surface area contributed by atoms with E-state index >= 15 is 0 Å². The Balaban J connectivity index is 1.67. The van der Waals surface area contributed by atoms with Crippen molar-refractivity contribution in [3.63, 3.8) is 0 Å². The van der Waals surface area contributed by atoms with E-state index in [-0.39, 0.29) is 0 Å². The van der Waals surface area contributed by atoms with Crippen LogP contribution in [0.15, 0.2) is 58.3 Å². The van der Waals surface area contributed by atoms with Gasteiger partial charge in [-0.25, -0.2) is 0 Å².